The number of ether oxygens (including phenoxy) is 2. The lowest BCUT2D eigenvalue weighted by atomic mass is 10.0. The van der Waals surface area contributed by atoms with Gasteiger partial charge in [0.25, 0.3) is 0 Å². The zero-order valence-electron chi connectivity index (χ0n) is 20.6. The molecule has 0 amide bonds. The van der Waals surface area contributed by atoms with Crippen molar-refractivity contribution in [2.45, 2.75) is 26.7 Å². The summed E-state index contributed by atoms with van der Waals surface area (Å²) in [6.45, 7) is 3.52. The van der Waals surface area contributed by atoms with Crippen LogP contribution in [0.4, 0.5) is 0 Å². The molecule has 0 N–H and O–H groups in total. The number of esters is 1. The van der Waals surface area contributed by atoms with Crippen LogP contribution in [0.2, 0.25) is 0 Å². The average molecular weight is 478 g/mol. The number of Topliss-reactive ketones (excluding diaryl/α,β-unsaturated/α-hetero) is 1. The molecule has 0 radical (unpaired) electrons. The molecule has 0 saturated carbocycles. The van der Waals surface area contributed by atoms with Gasteiger partial charge in [-0.1, -0.05) is 48.0 Å². The van der Waals surface area contributed by atoms with E-state index in [4.69, 9.17) is 14.5 Å². The lowest BCUT2D eigenvalue weighted by molar-refractivity contribution is 0.0475. The number of fused-ring (bicyclic) bond motifs is 2. The molecule has 1 heterocycles. The maximum absolute atomic E-state index is 13.4. The van der Waals surface area contributed by atoms with Crippen molar-refractivity contribution in [2.75, 3.05) is 13.7 Å². The van der Waals surface area contributed by atoms with E-state index in [1.54, 1.807) is 7.11 Å². The van der Waals surface area contributed by atoms with Gasteiger partial charge in [0.1, 0.15) is 5.75 Å². The fraction of sp³-hybridized carbons (Fsp3) is 0.194. The molecule has 0 bridgehead atoms. The van der Waals surface area contributed by atoms with Crippen LogP contribution in [0.3, 0.4) is 0 Å². The minimum absolute atomic E-state index is 0.209. The molecule has 1 aliphatic carbocycles. The molecule has 5 heteroatoms. The molecule has 0 saturated heterocycles. The van der Waals surface area contributed by atoms with Crippen molar-refractivity contribution in [1.29, 1.82) is 0 Å². The number of hydrogen-bond acceptors (Lipinski definition) is 5. The second-order valence-corrected chi connectivity index (χ2v) is 9.09. The molecule has 0 unspecified atom stereocenters. The van der Waals surface area contributed by atoms with Crippen LogP contribution in [-0.2, 0) is 11.2 Å². The van der Waals surface area contributed by atoms with Gasteiger partial charge in [-0.05, 0) is 79.3 Å². The van der Waals surface area contributed by atoms with Crippen molar-refractivity contribution < 1.29 is 19.1 Å². The second kappa shape index (κ2) is 9.78. The number of para-hydroxylation sites is 1. The van der Waals surface area contributed by atoms with Gasteiger partial charge in [-0.15, -0.1) is 0 Å². The highest BCUT2D eigenvalue weighted by Crippen LogP contribution is 2.38. The second-order valence-electron chi connectivity index (χ2n) is 9.09. The fourth-order valence-corrected chi connectivity index (χ4v) is 4.73. The molecule has 1 aliphatic rings. The van der Waals surface area contributed by atoms with E-state index in [1.807, 2.05) is 80.6 Å². The summed E-state index contributed by atoms with van der Waals surface area (Å²) < 4.78 is 10.9. The monoisotopic (exact) mass is 477 g/mol. The van der Waals surface area contributed by atoms with Crippen molar-refractivity contribution in [2.24, 2.45) is 0 Å². The summed E-state index contributed by atoms with van der Waals surface area (Å²) in [7, 11) is 1.64. The predicted octanol–water partition coefficient (Wildman–Crippen LogP) is 6.39. The van der Waals surface area contributed by atoms with E-state index >= 15 is 0 Å². The topological polar surface area (TPSA) is 65.5 Å². The highest BCUT2D eigenvalue weighted by Gasteiger charge is 2.28. The van der Waals surface area contributed by atoms with E-state index in [0.717, 1.165) is 56.6 Å². The van der Waals surface area contributed by atoms with Crippen LogP contribution in [0.15, 0.2) is 66.7 Å². The number of aryl methyl sites for hydroxylation is 2. The van der Waals surface area contributed by atoms with Crippen LogP contribution in [0, 0.1) is 13.8 Å². The highest BCUT2D eigenvalue weighted by molar-refractivity contribution is 6.08. The molecule has 5 rings (SSSR count). The highest BCUT2D eigenvalue weighted by atomic mass is 16.5. The van der Waals surface area contributed by atoms with Crippen LogP contribution in [0.25, 0.3) is 22.6 Å². The first kappa shape index (κ1) is 23.5. The number of carbonyl (C=O) groups is 2. The molecular weight excluding hydrogens is 450 g/mol. The van der Waals surface area contributed by atoms with Crippen molar-refractivity contribution in [3.05, 3.63) is 106 Å². The number of rotatable bonds is 6. The number of benzene rings is 3. The van der Waals surface area contributed by atoms with E-state index in [0.29, 0.717) is 17.5 Å². The lowest BCUT2D eigenvalue weighted by Crippen LogP contribution is -2.17. The van der Waals surface area contributed by atoms with Crippen molar-refractivity contribution >= 4 is 34.3 Å². The summed E-state index contributed by atoms with van der Waals surface area (Å²) in [4.78, 5) is 31.2. The van der Waals surface area contributed by atoms with Gasteiger partial charge >= 0.3 is 5.97 Å². The molecule has 5 nitrogen and oxygen atoms in total. The summed E-state index contributed by atoms with van der Waals surface area (Å²) in [6.07, 6.45) is 3.56. The number of ketones is 1. The largest absolute Gasteiger partial charge is 0.497 e. The quantitative estimate of drug-likeness (QED) is 0.238. The Morgan fingerprint density at radius 1 is 0.972 bits per heavy atom. The Labute approximate surface area is 210 Å². The molecular formula is C31H27NO4. The van der Waals surface area contributed by atoms with Gasteiger partial charge in [0.2, 0.25) is 5.78 Å². The third kappa shape index (κ3) is 4.52. The van der Waals surface area contributed by atoms with Crippen LogP contribution < -0.4 is 4.74 Å². The molecule has 36 heavy (non-hydrogen) atoms. The molecule has 4 aromatic rings. The minimum Gasteiger partial charge on any atom is -0.497 e. The zero-order chi connectivity index (χ0) is 25.2. The van der Waals surface area contributed by atoms with Gasteiger partial charge in [0.15, 0.2) is 6.61 Å². The molecule has 0 atom stereocenters. The van der Waals surface area contributed by atoms with Gasteiger partial charge in [-0.25, -0.2) is 9.78 Å². The van der Waals surface area contributed by atoms with E-state index in [9.17, 15) is 9.59 Å². The van der Waals surface area contributed by atoms with Gasteiger partial charge in [-0.2, -0.15) is 0 Å². The number of aromatic nitrogens is 1. The standard InChI is InChI=1S/C31H27NO4/c1-19-8-9-20(2)26(16-19)28(33)18-36-31(34)29-24-6-4-5-7-27(24)32-30-22(12-15-25(29)30)17-21-10-13-23(35-3)14-11-21/h4-11,13-14,16-17H,12,15,18H2,1-3H3. The summed E-state index contributed by atoms with van der Waals surface area (Å²) in [5, 5.41) is 0.742. The molecule has 180 valence electrons. The number of hydrogen-bond donors (Lipinski definition) is 0. The number of nitrogens with zero attached hydrogens (tertiary/aromatic N) is 1. The Bertz CT molecular complexity index is 1520. The Kier molecular flexibility index (Phi) is 6.38. The van der Waals surface area contributed by atoms with Gasteiger partial charge in [0.05, 0.1) is 23.9 Å². The minimum atomic E-state index is -0.491. The van der Waals surface area contributed by atoms with E-state index in [1.165, 1.54) is 0 Å². The summed E-state index contributed by atoms with van der Waals surface area (Å²) >= 11 is 0. The van der Waals surface area contributed by atoms with Crippen molar-refractivity contribution in [1.82, 2.24) is 4.98 Å². The van der Waals surface area contributed by atoms with Gasteiger partial charge in [-0.3, -0.25) is 4.79 Å². The molecule has 0 fully saturated rings. The summed E-state index contributed by atoms with van der Waals surface area (Å²) in [6, 6.07) is 21.1. The first-order chi connectivity index (χ1) is 17.4. The maximum Gasteiger partial charge on any atom is 0.339 e. The van der Waals surface area contributed by atoms with Crippen LogP contribution in [0.1, 0.15) is 55.1 Å². The van der Waals surface area contributed by atoms with E-state index in [-0.39, 0.29) is 12.4 Å². The van der Waals surface area contributed by atoms with E-state index in [2.05, 4.69) is 6.08 Å². The SMILES string of the molecule is COc1ccc(C=C2CCc3c2nc2ccccc2c3C(=O)OCC(=O)c2cc(C)ccc2C)cc1. The molecule has 1 aromatic heterocycles. The maximum atomic E-state index is 13.4. The van der Waals surface area contributed by atoms with Crippen molar-refractivity contribution in [3.63, 3.8) is 0 Å². The summed E-state index contributed by atoms with van der Waals surface area (Å²) in [5.74, 6) is 0.0994. The zero-order valence-corrected chi connectivity index (χ0v) is 20.6. The third-order valence-electron chi connectivity index (χ3n) is 6.63. The molecule has 0 spiro atoms. The van der Waals surface area contributed by atoms with Crippen LogP contribution >= 0.6 is 0 Å². The Hall–Kier alpha value is -4.25. The van der Waals surface area contributed by atoms with Crippen LogP contribution in [0.5, 0.6) is 5.75 Å². The fourth-order valence-electron chi connectivity index (χ4n) is 4.73. The number of allylic oxidation sites excluding steroid dienone is 1. The molecule has 3 aromatic carbocycles. The molecule has 0 aliphatic heterocycles. The first-order valence-corrected chi connectivity index (χ1v) is 12.0. The van der Waals surface area contributed by atoms with Gasteiger partial charge < -0.3 is 9.47 Å². The first-order valence-electron chi connectivity index (χ1n) is 12.0. The normalized spacial score (nSPS) is 13.6. The van der Waals surface area contributed by atoms with Crippen molar-refractivity contribution in [3.8, 4) is 5.75 Å². The Morgan fingerprint density at radius 2 is 1.75 bits per heavy atom. The number of pyridine rings is 1. The number of methoxy groups -OCH3 is 1. The average Bonchev–Trinajstić information content (AvgIpc) is 3.29. The number of carbonyl (C=O) groups excluding carboxylic acids is 2. The van der Waals surface area contributed by atoms with Crippen LogP contribution in [-0.4, -0.2) is 30.5 Å². The summed E-state index contributed by atoms with van der Waals surface area (Å²) in [5.41, 5.74) is 7.47. The Morgan fingerprint density at radius 3 is 2.53 bits per heavy atom. The smallest absolute Gasteiger partial charge is 0.339 e. The Balaban J connectivity index is 1.48. The van der Waals surface area contributed by atoms with Gasteiger partial charge in [0, 0.05) is 10.9 Å². The van der Waals surface area contributed by atoms with E-state index < -0.39 is 5.97 Å². The third-order valence-corrected chi connectivity index (χ3v) is 6.63. The lowest BCUT2D eigenvalue weighted by Gasteiger charge is -2.13. The predicted molar refractivity (Wildman–Crippen MR) is 141 cm³/mol.